The summed E-state index contributed by atoms with van der Waals surface area (Å²) in [5.74, 6) is -0.810. The Bertz CT molecular complexity index is 384. The molecule has 1 rings (SSSR count). The fourth-order valence-corrected chi connectivity index (χ4v) is 1.46. The number of benzene rings is 1. The maximum Gasteiger partial charge on any atom is 0.251 e. The molecule has 0 saturated heterocycles. The van der Waals surface area contributed by atoms with Gasteiger partial charge in [0.2, 0.25) is 0 Å². The van der Waals surface area contributed by atoms with Gasteiger partial charge in [0.15, 0.2) is 0 Å². The van der Waals surface area contributed by atoms with Gasteiger partial charge in [-0.05, 0) is 47.5 Å². The van der Waals surface area contributed by atoms with Crippen LogP contribution in [0.5, 0.6) is 0 Å². The van der Waals surface area contributed by atoms with Gasteiger partial charge in [0.1, 0.15) is 5.82 Å². The van der Waals surface area contributed by atoms with Crippen molar-refractivity contribution in [3.63, 3.8) is 0 Å². The first kappa shape index (κ1) is 13.1. The number of halogens is 2. The molecule has 0 aliphatic heterocycles. The molecule has 1 amide bonds. The zero-order chi connectivity index (χ0) is 12.1. The summed E-state index contributed by atoms with van der Waals surface area (Å²) in [6, 6.07) is 4.06. The predicted molar refractivity (Wildman–Crippen MR) is 62.7 cm³/mol. The van der Waals surface area contributed by atoms with E-state index in [1.807, 2.05) is 0 Å². The number of nitrogens with one attached hydrogen (secondary N) is 1. The third kappa shape index (κ3) is 3.57. The summed E-state index contributed by atoms with van der Waals surface area (Å²) >= 11 is 3.01. The number of hydrogen-bond donors (Lipinski definition) is 2. The van der Waals surface area contributed by atoms with Crippen LogP contribution in [0.25, 0.3) is 0 Å². The number of rotatable bonds is 4. The highest BCUT2D eigenvalue weighted by Gasteiger charge is 2.11. The number of carbonyl (C=O) groups is 1. The molecule has 0 spiro atoms. The topological polar surface area (TPSA) is 49.3 Å². The zero-order valence-electron chi connectivity index (χ0n) is 8.84. The number of aliphatic hydroxyl groups is 1. The van der Waals surface area contributed by atoms with Crippen molar-refractivity contribution in [1.29, 1.82) is 0 Å². The van der Waals surface area contributed by atoms with Crippen molar-refractivity contribution >= 4 is 21.8 Å². The summed E-state index contributed by atoms with van der Waals surface area (Å²) in [5.41, 5.74) is 0.269. The molecular weight excluding hydrogens is 277 g/mol. The average molecular weight is 290 g/mol. The second kappa shape index (κ2) is 5.96. The third-order valence-electron chi connectivity index (χ3n) is 2.12. The van der Waals surface area contributed by atoms with Crippen molar-refractivity contribution < 1.29 is 14.3 Å². The summed E-state index contributed by atoms with van der Waals surface area (Å²) in [6.07, 6.45) is 0.477. The largest absolute Gasteiger partial charge is 0.396 e. The molecule has 0 bridgehead atoms. The van der Waals surface area contributed by atoms with E-state index in [9.17, 15) is 9.18 Å². The second-order valence-electron chi connectivity index (χ2n) is 3.52. The molecule has 88 valence electrons. The molecule has 16 heavy (non-hydrogen) atoms. The number of hydrogen-bond acceptors (Lipinski definition) is 2. The van der Waals surface area contributed by atoms with Gasteiger partial charge in [-0.15, -0.1) is 0 Å². The molecule has 1 aromatic rings. The summed E-state index contributed by atoms with van der Waals surface area (Å²) in [5, 5.41) is 11.3. The highest BCUT2D eigenvalue weighted by Crippen LogP contribution is 2.16. The van der Waals surface area contributed by atoms with Gasteiger partial charge in [-0.1, -0.05) is 0 Å². The summed E-state index contributed by atoms with van der Waals surface area (Å²) in [4.78, 5) is 11.6. The van der Waals surface area contributed by atoms with Gasteiger partial charge in [0, 0.05) is 18.2 Å². The minimum atomic E-state index is -0.470. The van der Waals surface area contributed by atoms with Crippen LogP contribution in [0.4, 0.5) is 4.39 Å². The fraction of sp³-hybridized carbons (Fsp3) is 0.364. The van der Waals surface area contributed by atoms with E-state index >= 15 is 0 Å². The molecule has 1 aromatic carbocycles. The predicted octanol–water partition coefficient (Wildman–Crippen LogP) is 2.09. The minimum Gasteiger partial charge on any atom is -0.396 e. The van der Waals surface area contributed by atoms with Gasteiger partial charge in [-0.3, -0.25) is 4.79 Å². The molecule has 3 nitrogen and oxygen atoms in total. The molecule has 0 fully saturated rings. The van der Waals surface area contributed by atoms with Gasteiger partial charge in [0.25, 0.3) is 5.91 Å². The van der Waals surface area contributed by atoms with Crippen molar-refractivity contribution in [1.82, 2.24) is 5.32 Å². The SMILES string of the molecule is C[C@H](CCO)NC(=O)c1ccc(Br)c(F)c1. The lowest BCUT2D eigenvalue weighted by molar-refractivity contribution is 0.0934. The summed E-state index contributed by atoms with van der Waals surface area (Å²) in [6.45, 7) is 1.79. The van der Waals surface area contributed by atoms with E-state index in [1.165, 1.54) is 18.2 Å². The van der Waals surface area contributed by atoms with E-state index in [4.69, 9.17) is 5.11 Å². The molecule has 5 heteroatoms. The van der Waals surface area contributed by atoms with E-state index in [0.29, 0.717) is 10.9 Å². The van der Waals surface area contributed by atoms with E-state index in [0.717, 1.165) is 0 Å². The van der Waals surface area contributed by atoms with Gasteiger partial charge in [-0.25, -0.2) is 4.39 Å². The van der Waals surface area contributed by atoms with Crippen LogP contribution in [0.15, 0.2) is 22.7 Å². The van der Waals surface area contributed by atoms with Gasteiger partial charge in [-0.2, -0.15) is 0 Å². The number of aliphatic hydroxyl groups excluding tert-OH is 1. The quantitative estimate of drug-likeness (QED) is 0.892. The van der Waals surface area contributed by atoms with Crippen molar-refractivity contribution in [2.24, 2.45) is 0 Å². The maximum absolute atomic E-state index is 13.2. The van der Waals surface area contributed by atoms with Gasteiger partial charge >= 0.3 is 0 Å². The Labute approximate surface area is 102 Å². The molecule has 1 atom stereocenters. The number of carbonyl (C=O) groups excluding carboxylic acids is 1. The first-order valence-corrected chi connectivity index (χ1v) is 5.70. The Morgan fingerprint density at radius 3 is 2.88 bits per heavy atom. The van der Waals surface area contributed by atoms with Crippen LogP contribution in [-0.2, 0) is 0 Å². The first-order chi connectivity index (χ1) is 7.54. The van der Waals surface area contributed by atoms with Crippen LogP contribution >= 0.6 is 15.9 Å². The van der Waals surface area contributed by atoms with Crippen LogP contribution in [-0.4, -0.2) is 23.7 Å². The Morgan fingerprint density at radius 1 is 1.62 bits per heavy atom. The van der Waals surface area contributed by atoms with Gasteiger partial charge in [0.05, 0.1) is 4.47 Å². The molecule has 0 aromatic heterocycles. The van der Waals surface area contributed by atoms with E-state index in [1.54, 1.807) is 6.92 Å². The third-order valence-corrected chi connectivity index (χ3v) is 2.76. The van der Waals surface area contributed by atoms with Crippen LogP contribution in [0.3, 0.4) is 0 Å². The monoisotopic (exact) mass is 289 g/mol. The van der Waals surface area contributed by atoms with E-state index in [-0.39, 0.29) is 24.1 Å². The smallest absolute Gasteiger partial charge is 0.251 e. The Balaban J connectivity index is 2.69. The van der Waals surface area contributed by atoms with Crippen molar-refractivity contribution in [3.8, 4) is 0 Å². The first-order valence-electron chi connectivity index (χ1n) is 4.91. The molecule has 2 N–H and O–H groups in total. The van der Waals surface area contributed by atoms with Crippen LogP contribution in [0, 0.1) is 5.82 Å². The molecule has 0 heterocycles. The maximum atomic E-state index is 13.2. The van der Waals surface area contributed by atoms with Crippen molar-refractivity contribution in [2.45, 2.75) is 19.4 Å². The Hall–Kier alpha value is -0.940. The lowest BCUT2D eigenvalue weighted by Gasteiger charge is -2.12. The van der Waals surface area contributed by atoms with Crippen molar-refractivity contribution in [3.05, 3.63) is 34.1 Å². The standard InChI is InChI=1S/C11H13BrFNO2/c1-7(4-5-15)14-11(16)8-2-3-9(12)10(13)6-8/h2-3,6-7,15H,4-5H2,1H3,(H,14,16)/t7-/m1/s1. The highest BCUT2D eigenvalue weighted by molar-refractivity contribution is 9.10. The molecule has 0 radical (unpaired) electrons. The Morgan fingerprint density at radius 2 is 2.31 bits per heavy atom. The Kier molecular flexibility index (Phi) is 4.89. The molecule has 0 saturated carbocycles. The highest BCUT2D eigenvalue weighted by atomic mass is 79.9. The normalized spacial score (nSPS) is 12.2. The molecular formula is C11H13BrFNO2. The van der Waals surface area contributed by atoms with Gasteiger partial charge < -0.3 is 10.4 Å². The van der Waals surface area contributed by atoms with Crippen LogP contribution < -0.4 is 5.32 Å². The molecule has 0 aliphatic carbocycles. The fourth-order valence-electron chi connectivity index (χ4n) is 1.21. The zero-order valence-corrected chi connectivity index (χ0v) is 10.4. The lowest BCUT2D eigenvalue weighted by atomic mass is 10.2. The molecule has 0 aliphatic rings. The van der Waals surface area contributed by atoms with E-state index < -0.39 is 5.82 Å². The summed E-state index contributed by atoms with van der Waals surface area (Å²) in [7, 11) is 0. The van der Waals surface area contributed by atoms with Crippen LogP contribution in [0.1, 0.15) is 23.7 Å². The number of amides is 1. The van der Waals surface area contributed by atoms with Crippen LogP contribution in [0.2, 0.25) is 0 Å². The summed E-state index contributed by atoms with van der Waals surface area (Å²) < 4.78 is 13.5. The molecule has 0 unspecified atom stereocenters. The van der Waals surface area contributed by atoms with E-state index in [2.05, 4.69) is 21.2 Å². The average Bonchev–Trinajstić information content (AvgIpc) is 2.22. The second-order valence-corrected chi connectivity index (χ2v) is 4.37. The van der Waals surface area contributed by atoms with Crippen molar-refractivity contribution in [2.75, 3.05) is 6.61 Å². The minimum absolute atomic E-state index is 0.0101. The lowest BCUT2D eigenvalue weighted by Crippen LogP contribution is -2.33.